The van der Waals surface area contributed by atoms with Crippen molar-refractivity contribution in [1.29, 1.82) is 0 Å². The molecule has 160 valence electrons. The summed E-state index contributed by atoms with van der Waals surface area (Å²) >= 11 is 13.5. The Hall–Kier alpha value is -2.38. The molecule has 1 N–H and O–H groups in total. The number of carbonyl (C=O) groups is 2. The Morgan fingerprint density at radius 2 is 1.71 bits per heavy atom. The van der Waals surface area contributed by atoms with Crippen LogP contribution in [0.2, 0.25) is 10.0 Å². The van der Waals surface area contributed by atoms with Crippen LogP contribution in [0.3, 0.4) is 0 Å². The molecule has 3 aromatic rings. The molecule has 2 aromatic carbocycles. The monoisotopic (exact) mass is 473 g/mol. The summed E-state index contributed by atoms with van der Waals surface area (Å²) in [6.07, 6.45) is 0. The van der Waals surface area contributed by atoms with Gasteiger partial charge in [-0.2, -0.15) is 0 Å². The fraction of sp³-hybridized carbons (Fsp3) is 0.217. The van der Waals surface area contributed by atoms with Gasteiger partial charge in [-0.05, 0) is 47.3 Å². The summed E-state index contributed by atoms with van der Waals surface area (Å²) in [5, 5.41) is 5.76. The van der Waals surface area contributed by atoms with Crippen LogP contribution in [0.15, 0.2) is 60.0 Å². The molecule has 0 saturated carbocycles. The van der Waals surface area contributed by atoms with E-state index in [2.05, 4.69) is 10.2 Å². The van der Waals surface area contributed by atoms with Gasteiger partial charge in [0.05, 0.1) is 15.6 Å². The molecule has 31 heavy (non-hydrogen) atoms. The van der Waals surface area contributed by atoms with E-state index in [0.717, 1.165) is 24.7 Å². The molecule has 1 aromatic heterocycles. The Kier molecular flexibility index (Phi) is 6.92. The number of thiophene rings is 1. The zero-order valence-electron chi connectivity index (χ0n) is 16.7. The van der Waals surface area contributed by atoms with E-state index in [1.54, 1.807) is 24.3 Å². The van der Waals surface area contributed by atoms with Gasteiger partial charge in [0.15, 0.2) is 0 Å². The molecule has 4 rings (SSSR count). The minimum absolute atomic E-state index is 0.0607. The molecule has 8 heteroatoms. The van der Waals surface area contributed by atoms with Crippen LogP contribution in [0.25, 0.3) is 0 Å². The molecule has 0 aliphatic carbocycles. The lowest BCUT2D eigenvalue weighted by Gasteiger charge is -2.35. The van der Waals surface area contributed by atoms with E-state index in [4.69, 9.17) is 23.2 Å². The van der Waals surface area contributed by atoms with Gasteiger partial charge in [-0.3, -0.25) is 14.5 Å². The third kappa shape index (κ3) is 5.46. The van der Waals surface area contributed by atoms with E-state index in [1.807, 2.05) is 40.6 Å². The van der Waals surface area contributed by atoms with Crippen LogP contribution in [0.4, 0.5) is 5.69 Å². The van der Waals surface area contributed by atoms with Crippen LogP contribution in [0.1, 0.15) is 25.6 Å². The second-order valence-electron chi connectivity index (χ2n) is 7.32. The SMILES string of the molecule is O=C(Nc1cc(C(=O)N2CCN(Cc3ccc(Cl)cc3)CC2)ccc1Cl)c1cccs1. The number of carbonyl (C=O) groups excluding carboxylic acids is 2. The normalized spacial score (nSPS) is 14.5. The van der Waals surface area contributed by atoms with E-state index in [0.29, 0.717) is 34.2 Å². The zero-order valence-corrected chi connectivity index (χ0v) is 19.0. The number of piperazine rings is 1. The highest BCUT2D eigenvalue weighted by atomic mass is 35.5. The Morgan fingerprint density at radius 3 is 2.39 bits per heavy atom. The van der Waals surface area contributed by atoms with Gasteiger partial charge in [-0.25, -0.2) is 0 Å². The fourth-order valence-electron chi connectivity index (χ4n) is 3.49. The van der Waals surface area contributed by atoms with Gasteiger partial charge in [0, 0.05) is 43.3 Å². The third-order valence-corrected chi connectivity index (χ3v) is 6.64. The van der Waals surface area contributed by atoms with Crippen molar-refractivity contribution in [3.63, 3.8) is 0 Å². The zero-order chi connectivity index (χ0) is 21.8. The van der Waals surface area contributed by atoms with Crippen LogP contribution in [-0.4, -0.2) is 47.8 Å². The topological polar surface area (TPSA) is 52.7 Å². The maximum Gasteiger partial charge on any atom is 0.265 e. The number of benzene rings is 2. The lowest BCUT2D eigenvalue weighted by molar-refractivity contribution is 0.0628. The highest BCUT2D eigenvalue weighted by Gasteiger charge is 2.23. The maximum atomic E-state index is 13.0. The second kappa shape index (κ2) is 9.83. The van der Waals surface area contributed by atoms with E-state index in [9.17, 15) is 9.59 Å². The largest absolute Gasteiger partial charge is 0.336 e. The smallest absolute Gasteiger partial charge is 0.265 e. The number of rotatable bonds is 5. The van der Waals surface area contributed by atoms with Gasteiger partial charge >= 0.3 is 0 Å². The third-order valence-electron chi connectivity index (χ3n) is 5.19. The average Bonchev–Trinajstić information content (AvgIpc) is 3.32. The molecule has 0 spiro atoms. The summed E-state index contributed by atoms with van der Waals surface area (Å²) in [5.74, 6) is -0.299. The molecule has 1 fully saturated rings. The maximum absolute atomic E-state index is 13.0. The molecule has 2 amide bonds. The van der Waals surface area contributed by atoms with Crippen molar-refractivity contribution in [2.45, 2.75) is 6.54 Å². The fourth-order valence-corrected chi connectivity index (χ4v) is 4.40. The minimum Gasteiger partial charge on any atom is -0.336 e. The van der Waals surface area contributed by atoms with Gasteiger partial charge in [-0.15, -0.1) is 11.3 Å². The number of anilines is 1. The first-order chi connectivity index (χ1) is 15.0. The summed E-state index contributed by atoms with van der Waals surface area (Å²) in [5.41, 5.74) is 2.15. The van der Waals surface area contributed by atoms with Gasteiger partial charge < -0.3 is 10.2 Å². The number of amides is 2. The summed E-state index contributed by atoms with van der Waals surface area (Å²) in [4.78, 5) is 30.1. The van der Waals surface area contributed by atoms with Crippen molar-refractivity contribution >= 4 is 52.0 Å². The van der Waals surface area contributed by atoms with Crippen molar-refractivity contribution in [3.05, 3.63) is 86.0 Å². The van der Waals surface area contributed by atoms with Gasteiger partial charge in [-0.1, -0.05) is 41.4 Å². The van der Waals surface area contributed by atoms with E-state index in [-0.39, 0.29) is 11.8 Å². The molecule has 1 aliphatic rings. The first-order valence-corrected chi connectivity index (χ1v) is 11.5. The molecule has 0 atom stereocenters. The van der Waals surface area contributed by atoms with Crippen LogP contribution in [0.5, 0.6) is 0 Å². The Labute approximate surface area is 195 Å². The predicted molar refractivity (Wildman–Crippen MR) is 126 cm³/mol. The minimum atomic E-state index is -0.239. The van der Waals surface area contributed by atoms with E-state index < -0.39 is 0 Å². The highest BCUT2D eigenvalue weighted by Crippen LogP contribution is 2.25. The van der Waals surface area contributed by atoms with Crippen molar-refractivity contribution in [3.8, 4) is 0 Å². The Morgan fingerprint density at radius 1 is 0.968 bits per heavy atom. The molecular formula is C23H21Cl2N3O2S. The first-order valence-electron chi connectivity index (χ1n) is 9.90. The van der Waals surface area contributed by atoms with Crippen LogP contribution in [-0.2, 0) is 6.54 Å². The van der Waals surface area contributed by atoms with Gasteiger partial charge in [0.25, 0.3) is 11.8 Å². The molecular weight excluding hydrogens is 453 g/mol. The summed E-state index contributed by atoms with van der Waals surface area (Å²) in [6, 6.07) is 16.4. The molecule has 2 heterocycles. The van der Waals surface area contributed by atoms with Crippen LogP contribution < -0.4 is 5.32 Å². The van der Waals surface area contributed by atoms with E-state index >= 15 is 0 Å². The summed E-state index contributed by atoms with van der Waals surface area (Å²) in [6.45, 7) is 3.71. The van der Waals surface area contributed by atoms with Crippen molar-refractivity contribution in [2.24, 2.45) is 0 Å². The van der Waals surface area contributed by atoms with Gasteiger partial charge in [0.1, 0.15) is 0 Å². The Bertz CT molecular complexity index is 1060. The lowest BCUT2D eigenvalue weighted by atomic mass is 10.1. The molecule has 0 bridgehead atoms. The number of nitrogens with one attached hydrogen (secondary N) is 1. The highest BCUT2D eigenvalue weighted by molar-refractivity contribution is 7.12. The lowest BCUT2D eigenvalue weighted by Crippen LogP contribution is -2.48. The molecule has 0 unspecified atom stereocenters. The predicted octanol–water partition coefficient (Wildman–Crippen LogP) is 5.27. The number of halogens is 2. The summed E-state index contributed by atoms with van der Waals surface area (Å²) in [7, 11) is 0. The summed E-state index contributed by atoms with van der Waals surface area (Å²) < 4.78 is 0. The number of hydrogen-bond acceptors (Lipinski definition) is 4. The second-order valence-corrected chi connectivity index (χ2v) is 9.11. The van der Waals surface area contributed by atoms with Crippen LogP contribution in [0, 0.1) is 0 Å². The standard InChI is InChI=1S/C23H21Cl2N3O2S/c24-18-6-3-16(4-7-18)15-27-9-11-28(12-10-27)23(30)17-5-8-19(25)20(14-17)26-22(29)21-2-1-13-31-21/h1-8,13-14H,9-12,15H2,(H,26,29). The molecule has 0 radical (unpaired) electrons. The Balaban J connectivity index is 1.37. The van der Waals surface area contributed by atoms with E-state index in [1.165, 1.54) is 16.9 Å². The first kappa shape index (κ1) is 21.8. The molecule has 5 nitrogen and oxygen atoms in total. The van der Waals surface area contributed by atoms with Crippen LogP contribution >= 0.6 is 34.5 Å². The number of hydrogen-bond donors (Lipinski definition) is 1. The number of nitrogens with zero attached hydrogens (tertiary/aromatic N) is 2. The van der Waals surface area contributed by atoms with Crippen molar-refractivity contribution in [2.75, 3.05) is 31.5 Å². The molecule has 1 aliphatic heterocycles. The van der Waals surface area contributed by atoms with Crippen molar-refractivity contribution < 1.29 is 9.59 Å². The van der Waals surface area contributed by atoms with Crippen molar-refractivity contribution in [1.82, 2.24) is 9.80 Å². The molecule has 1 saturated heterocycles. The van der Waals surface area contributed by atoms with Gasteiger partial charge in [0.2, 0.25) is 0 Å². The quantitative estimate of drug-likeness (QED) is 0.549. The average molecular weight is 474 g/mol.